The Morgan fingerprint density at radius 1 is 0.897 bits per heavy atom. The highest BCUT2D eigenvalue weighted by Crippen LogP contribution is 2.17. The van der Waals surface area contributed by atoms with Gasteiger partial charge in [0.1, 0.15) is 11.6 Å². The molecule has 0 aliphatic rings. The third-order valence-corrected chi connectivity index (χ3v) is 3.98. The Bertz CT molecular complexity index is 1090. The number of hydrogen-bond donors (Lipinski definition) is 0. The van der Waals surface area contributed by atoms with E-state index in [1.807, 2.05) is 0 Å². The summed E-state index contributed by atoms with van der Waals surface area (Å²) < 4.78 is 18.8. The Hall–Kier alpha value is -4.13. The number of rotatable bonds is 6. The van der Waals surface area contributed by atoms with Crippen molar-refractivity contribution in [3.8, 4) is 5.75 Å². The minimum atomic E-state index is -0.682. The van der Waals surface area contributed by atoms with Crippen LogP contribution in [0.2, 0.25) is 0 Å². The lowest BCUT2D eigenvalue weighted by molar-refractivity contribution is -0.384. The minimum Gasteiger partial charge on any atom is -0.423 e. The summed E-state index contributed by atoms with van der Waals surface area (Å²) in [6, 6.07) is 17.0. The van der Waals surface area contributed by atoms with E-state index in [9.17, 15) is 24.1 Å². The molecular weight excluding hydrogens is 377 g/mol. The van der Waals surface area contributed by atoms with Gasteiger partial charge in [0, 0.05) is 23.3 Å². The molecule has 0 aromatic heterocycles. The van der Waals surface area contributed by atoms with Crippen LogP contribution in [0.25, 0.3) is 6.08 Å². The van der Waals surface area contributed by atoms with Crippen LogP contribution in [-0.4, -0.2) is 16.7 Å². The summed E-state index contributed by atoms with van der Waals surface area (Å²) in [5.41, 5.74) is 0.665. The molecule has 0 unspecified atom stereocenters. The number of hydrogen-bond acceptors (Lipinski definition) is 5. The van der Waals surface area contributed by atoms with Gasteiger partial charge in [-0.3, -0.25) is 14.9 Å². The molecule has 0 heterocycles. The number of esters is 1. The van der Waals surface area contributed by atoms with Crippen LogP contribution in [-0.2, 0) is 0 Å². The van der Waals surface area contributed by atoms with Crippen LogP contribution in [0.4, 0.5) is 10.1 Å². The number of non-ortho nitro benzene ring substituents is 1. The van der Waals surface area contributed by atoms with Crippen molar-refractivity contribution in [2.45, 2.75) is 0 Å². The second-order valence-corrected chi connectivity index (χ2v) is 5.94. The van der Waals surface area contributed by atoms with Crippen LogP contribution in [0.5, 0.6) is 5.75 Å². The highest BCUT2D eigenvalue weighted by molar-refractivity contribution is 6.06. The molecule has 6 nitrogen and oxygen atoms in total. The van der Waals surface area contributed by atoms with E-state index in [0.29, 0.717) is 11.1 Å². The summed E-state index contributed by atoms with van der Waals surface area (Å²) in [5.74, 6) is -1.23. The first-order valence-corrected chi connectivity index (χ1v) is 8.48. The molecule has 0 saturated heterocycles. The SMILES string of the molecule is O=C(/C=C/c1ccccc1F)c1ccc(OC(=O)c2ccc([N+](=O)[O-])cc2)cc1. The van der Waals surface area contributed by atoms with Crippen molar-refractivity contribution in [2.75, 3.05) is 0 Å². The Morgan fingerprint density at radius 3 is 2.14 bits per heavy atom. The van der Waals surface area contributed by atoms with Crippen molar-refractivity contribution < 1.29 is 23.6 Å². The maximum atomic E-state index is 13.6. The predicted molar refractivity (Wildman–Crippen MR) is 104 cm³/mol. The second-order valence-electron chi connectivity index (χ2n) is 5.94. The lowest BCUT2D eigenvalue weighted by atomic mass is 10.1. The molecule has 3 aromatic carbocycles. The third kappa shape index (κ3) is 4.98. The fraction of sp³-hybridized carbons (Fsp3) is 0. The first-order chi connectivity index (χ1) is 13.9. The van der Waals surface area contributed by atoms with Crippen LogP contribution in [0.1, 0.15) is 26.3 Å². The van der Waals surface area contributed by atoms with Crippen molar-refractivity contribution in [2.24, 2.45) is 0 Å². The van der Waals surface area contributed by atoms with E-state index in [-0.39, 0.29) is 22.8 Å². The van der Waals surface area contributed by atoms with Gasteiger partial charge in [0.2, 0.25) is 0 Å². The zero-order chi connectivity index (χ0) is 20.8. The molecule has 0 bridgehead atoms. The molecule has 0 radical (unpaired) electrons. The van der Waals surface area contributed by atoms with Gasteiger partial charge in [-0.2, -0.15) is 0 Å². The van der Waals surface area contributed by atoms with Crippen LogP contribution in [0.15, 0.2) is 78.9 Å². The Kier molecular flexibility index (Phi) is 5.89. The summed E-state index contributed by atoms with van der Waals surface area (Å²) in [4.78, 5) is 34.4. The largest absolute Gasteiger partial charge is 0.423 e. The Balaban J connectivity index is 1.65. The highest BCUT2D eigenvalue weighted by Gasteiger charge is 2.12. The Labute approximate surface area is 165 Å². The van der Waals surface area contributed by atoms with Gasteiger partial charge in [-0.1, -0.05) is 18.2 Å². The molecule has 3 aromatic rings. The summed E-state index contributed by atoms with van der Waals surface area (Å²) in [7, 11) is 0. The number of allylic oxidation sites excluding steroid dienone is 1. The number of nitro groups is 1. The lowest BCUT2D eigenvalue weighted by Crippen LogP contribution is -2.08. The van der Waals surface area contributed by atoms with Gasteiger partial charge < -0.3 is 4.74 Å². The highest BCUT2D eigenvalue weighted by atomic mass is 19.1. The van der Waals surface area contributed by atoms with Crippen LogP contribution < -0.4 is 4.74 Å². The van der Waals surface area contributed by atoms with Crippen molar-refractivity contribution >= 4 is 23.5 Å². The van der Waals surface area contributed by atoms with Crippen molar-refractivity contribution in [3.63, 3.8) is 0 Å². The number of halogens is 1. The number of nitro benzene ring substituents is 1. The number of carbonyl (C=O) groups excluding carboxylic acids is 2. The quantitative estimate of drug-likeness (QED) is 0.150. The second kappa shape index (κ2) is 8.71. The molecule has 0 aliphatic carbocycles. The number of benzene rings is 3. The van der Waals surface area contributed by atoms with E-state index >= 15 is 0 Å². The van der Waals surface area contributed by atoms with Crippen molar-refractivity contribution in [3.05, 3.63) is 111 Å². The lowest BCUT2D eigenvalue weighted by Gasteiger charge is -2.05. The van der Waals surface area contributed by atoms with E-state index in [1.54, 1.807) is 18.2 Å². The van der Waals surface area contributed by atoms with E-state index in [4.69, 9.17) is 4.74 Å². The maximum absolute atomic E-state index is 13.6. The van der Waals surface area contributed by atoms with Crippen LogP contribution >= 0.6 is 0 Å². The average Bonchev–Trinajstić information content (AvgIpc) is 2.73. The van der Waals surface area contributed by atoms with Gasteiger partial charge in [-0.15, -0.1) is 0 Å². The molecule has 0 atom stereocenters. The molecule has 144 valence electrons. The fourth-order valence-electron chi connectivity index (χ4n) is 2.44. The van der Waals surface area contributed by atoms with Gasteiger partial charge in [-0.05, 0) is 54.6 Å². The molecule has 0 saturated carbocycles. The number of nitrogens with zero attached hydrogens (tertiary/aromatic N) is 1. The first-order valence-electron chi connectivity index (χ1n) is 8.48. The minimum absolute atomic E-state index is 0.132. The fourth-order valence-corrected chi connectivity index (χ4v) is 2.44. The molecular formula is C22H14FNO5. The van der Waals surface area contributed by atoms with Crippen molar-refractivity contribution in [1.29, 1.82) is 0 Å². The molecule has 3 rings (SSSR count). The molecule has 0 N–H and O–H groups in total. The Morgan fingerprint density at radius 2 is 1.52 bits per heavy atom. The van der Waals surface area contributed by atoms with Crippen LogP contribution in [0.3, 0.4) is 0 Å². The van der Waals surface area contributed by atoms with Gasteiger partial charge in [0.25, 0.3) is 5.69 Å². The van der Waals surface area contributed by atoms with E-state index in [1.165, 1.54) is 66.7 Å². The van der Waals surface area contributed by atoms with E-state index in [2.05, 4.69) is 0 Å². The third-order valence-electron chi connectivity index (χ3n) is 3.98. The van der Waals surface area contributed by atoms with E-state index < -0.39 is 16.7 Å². The summed E-state index contributed by atoms with van der Waals surface area (Å²) >= 11 is 0. The number of carbonyl (C=O) groups is 2. The number of ether oxygens (including phenoxy) is 1. The molecule has 0 spiro atoms. The molecule has 0 fully saturated rings. The van der Waals surface area contributed by atoms with Gasteiger partial charge in [0.05, 0.1) is 10.5 Å². The summed E-state index contributed by atoms with van der Waals surface area (Å²) in [6.07, 6.45) is 2.65. The molecule has 0 amide bonds. The predicted octanol–water partition coefficient (Wildman–Crippen LogP) is 4.85. The smallest absolute Gasteiger partial charge is 0.343 e. The average molecular weight is 391 g/mol. The van der Waals surface area contributed by atoms with E-state index in [0.717, 1.165) is 0 Å². The number of ketones is 1. The maximum Gasteiger partial charge on any atom is 0.343 e. The summed E-state index contributed by atoms with van der Waals surface area (Å²) in [5, 5.41) is 10.6. The van der Waals surface area contributed by atoms with Crippen LogP contribution in [0, 0.1) is 15.9 Å². The standard InChI is InChI=1S/C22H14FNO5/c23-20-4-2-1-3-15(20)9-14-21(25)16-7-12-19(13-8-16)29-22(26)17-5-10-18(11-6-17)24(27)28/h1-14H/b14-9+. The van der Waals surface area contributed by atoms with Gasteiger partial charge in [-0.25, -0.2) is 9.18 Å². The molecule has 0 aliphatic heterocycles. The normalized spacial score (nSPS) is 10.7. The molecule has 7 heteroatoms. The molecule has 29 heavy (non-hydrogen) atoms. The zero-order valence-corrected chi connectivity index (χ0v) is 14.9. The van der Waals surface area contributed by atoms with Gasteiger partial charge >= 0.3 is 5.97 Å². The summed E-state index contributed by atoms with van der Waals surface area (Å²) in [6.45, 7) is 0. The monoisotopic (exact) mass is 391 g/mol. The zero-order valence-electron chi connectivity index (χ0n) is 14.9. The topological polar surface area (TPSA) is 86.5 Å². The van der Waals surface area contributed by atoms with Gasteiger partial charge in [0.15, 0.2) is 5.78 Å². The first kappa shape index (κ1) is 19.6. The van der Waals surface area contributed by atoms with Crippen molar-refractivity contribution in [1.82, 2.24) is 0 Å².